The predicted octanol–water partition coefficient (Wildman–Crippen LogP) is 0.475. The molecule has 5 amide bonds. The van der Waals surface area contributed by atoms with Crippen LogP contribution >= 0.6 is 0 Å². The van der Waals surface area contributed by atoms with Crippen molar-refractivity contribution in [1.82, 2.24) is 26.2 Å². The van der Waals surface area contributed by atoms with Gasteiger partial charge in [0.15, 0.2) is 0 Å². The Kier molecular flexibility index (Phi) is 12.4. The molecular weight excluding hydrogens is 516 g/mol. The van der Waals surface area contributed by atoms with E-state index in [9.17, 15) is 37.5 Å². The molecule has 2 aliphatic heterocycles. The van der Waals surface area contributed by atoms with Gasteiger partial charge in [-0.1, -0.05) is 34.6 Å². The first-order chi connectivity index (χ1) is 18.0. The van der Waals surface area contributed by atoms with Crippen LogP contribution in [-0.2, 0) is 28.8 Å². The lowest BCUT2D eigenvalue weighted by molar-refractivity contribution is -0.142. The van der Waals surface area contributed by atoms with E-state index in [4.69, 9.17) is 0 Å². The Labute approximate surface area is 228 Å². The van der Waals surface area contributed by atoms with Gasteiger partial charge in [-0.3, -0.25) is 28.8 Å². The smallest absolute Gasteiger partial charge is 0.315 e. The van der Waals surface area contributed by atoms with Crippen molar-refractivity contribution in [2.24, 2.45) is 28.6 Å². The summed E-state index contributed by atoms with van der Waals surface area (Å²) in [6, 6.07) is -0.823. The van der Waals surface area contributed by atoms with Crippen LogP contribution in [0.25, 0.3) is 0 Å². The molecule has 1 aliphatic carbocycles. The van der Waals surface area contributed by atoms with Crippen LogP contribution in [0.5, 0.6) is 0 Å². The third-order valence-corrected chi connectivity index (χ3v) is 7.54. The Morgan fingerprint density at radius 2 is 1.72 bits per heavy atom. The van der Waals surface area contributed by atoms with Gasteiger partial charge in [0.2, 0.25) is 24.5 Å². The van der Waals surface area contributed by atoms with Crippen LogP contribution in [0.15, 0.2) is 0 Å². The van der Waals surface area contributed by atoms with Crippen molar-refractivity contribution in [3.8, 4) is 0 Å². The van der Waals surface area contributed by atoms with E-state index in [1.165, 1.54) is 7.05 Å². The van der Waals surface area contributed by atoms with E-state index < -0.39 is 29.7 Å². The molecule has 5 atom stereocenters. The number of halogens is 2. The topological polar surface area (TPSA) is 154 Å². The maximum absolute atomic E-state index is 12.6. The van der Waals surface area contributed by atoms with Gasteiger partial charge in [0, 0.05) is 38.6 Å². The molecule has 3 rings (SSSR count). The number of nitrogens with zero attached hydrogens (tertiary/aromatic N) is 1. The van der Waals surface area contributed by atoms with Crippen LogP contribution < -0.4 is 21.3 Å². The predicted molar refractivity (Wildman–Crippen MR) is 139 cm³/mol. The molecule has 0 spiro atoms. The van der Waals surface area contributed by atoms with Crippen molar-refractivity contribution in [1.29, 1.82) is 0 Å². The third-order valence-electron chi connectivity index (χ3n) is 7.54. The van der Waals surface area contributed by atoms with Gasteiger partial charge >= 0.3 is 6.43 Å². The Morgan fingerprint density at radius 1 is 1.15 bits per heavy atom. The SMILES string of the molecule is CC(C)(C)C(NC(=O)C(F)F)C(=O)N1CC2C(C1)C2(C)C.CC(CC1CCNC1=O)NC=O.CNC(=O)C=O. The fraction of sp³-hybridized carbons (Fsp3) is 0.769. The average molecular weight is 560 g/mol. The first-order valence-electron chi connectivity index (χ1n) is 13.0. The van der Waals surface area contributed by atoms with Crippen molar-refractivity contribution >= 4 is 36.3 Å². The Hall–Kier alpha value is -3.12. The van der Waals surface area contributed by atoms with E-state index in [0.29, 0.717) is 31.3 Å². The monoisotopic (exact) mass is 559 g/mol. The number of amides is 5. The van der Waals surface area contributed by atoms with Crippen molar-refractivity contribution < 1.29 is 37.5 Å². The van der Waals surface area contributed by atoms with Gasteiger partial charge in [-0.05, 0) is 42.4 Å². The van der Waals surface area contributed by atoms with Crippen LogP contribution in [0.3, 0.4) is 0 Å². The van der Waals surface area contributed by atoms with Gasteiger partial charge in [-0.2, -0.15) is 8.78 Å². The number of carbonyl (C=O) groups excluding carboxylic acids is 6. The third kappa shape index (κ3) is 9.85. The molecule has 3 fully saturated rings. The summed E-state index contributed by atoms with van der Waals surface area (Å²) in [5, 5.41) is 9.71. The van der Waals surface area contributed by atoms with Crippen LogP contribution in [0.1, 0.15) is 54.4 Å². The van der Waals surface area contributed by atoms with E-state index in [2.05, 4.69) is 35.1 Å². The zero-order valence-electron chi connectivity index (χ0n) is 23.8. The number of hydrogen-bond donors (Lipinski definition) is 4. The van der Waals surface area contributed by atoms with Crippen LogP contribution in [0, 0.1) is 28.6 Å². The number of alkyl halides is 2. The highest BCUT2D eigenvalue weighted by atomic mass is 19.3. The lowest BCUT2D eigenvalue weighted by Gasteiger charge is -2.34. The number of fused-ring (bicyclic) bond motifs is 1. The molecular formula is C26H43F2N5O6. The molecule has 1 saturated carbocycles. The second kappa shape index (κ2) is 14.3. The summed E-state index contributed by atoms with van der Waals surface area (Å²) < 4.78 is 24.9. The maximum atomic E-state index is 12.6. The first-order valence-corrected chi connectivity index (χ1v) is 13.0. The second-order valence-electron chi connectivity index (χ2n) is 11.8. The zero-order chi connectivity index (χ0) is 30.1. The molecule has 13 heteroatoms. The van der Waals surface area contributed by atoms with Crippen molar-refractivity contribution in [2.45, 2.75) is 72.9 Å². The van der Waals surface area contributed by atoms with Gasteiger partial charge in [0.05, 0.1) is 0 Å². The fourth-order valence-corrected chi connectivity index (χ4v) is 4.89. The standard InChI is InChI=1S/C15H24F2N2O2.C8H14N2O2.C3H5NO2/c1-14(2,3)10(18-12(20)11(16)17)13(21)19-6-8-9(7-19)15(8,4)5;1-6(10-5-11)4-7-2-3-9-8(7)12;1-4-3(6)2-5/h8-11H,6-7H2,1-5H3,(H,18,20);5-7H,2-4H2,1H3,(H,9,12)(H,10,11);2H,1H3,(H,4,6). The molecule has 0 radical (unpaired) electrons. The summed E-state index contributed by atoms with van der Waals surface area (Å²) in [7, 11) is 1.40. The highest BCUT2D eigenvalue weighted by Crippen LogP contribution is 2.62. The van der Waals surface area contributed by atoms with Crippen molar-refractivity contribution in [3.05, 3.63) is 0 Å². The number of likely N-dealkylation sites (tertiary alicyclic amines) is 1. The van der Waals surface area contributed by atoms with Crippen LogP contribution in [0.4, 0.5) is 8.78 Å². The van der Waals surface area contributed by atoms with Crippen LogP contribution in [-0.4, -0.2) is 86.4 Å². The van der Waals surface area contributed by atoms with E-state index in [-0.39, 0.29) is 35.5 Å². The van der Waals surface area contributed by atoms with E-state index in [0.717, 1.165) is 19.4 Å². The second-order valence-corrected chi connectivity index (χ2v) is 11.8. The summed E-state index contributed by atoms with van der Waals surface area (Å²) in [4.78, 5) is 65.7. The van der Waals surface area contributed by atoms with Gasteiger partial charge in [0.1, 0.15) is 6.04 Å². The highest BCUT2D eigenvalue weighted by Gasteiger charge is 2.63. The number of hydrogen-bond acceptors (Lipinski definition) is 6. The number of nitrogens with one attached hydrogen (secondary N) is 4. The van der Waals surface area contributed by atoms with Crippen molar-refractivity contribution in [3.63, 3.8) is 0 Å². The summed E-state index contributed by atoms with van der Waals surface area (Å²) >= 11 is 0. The minimum absolute atomic E-state index is 0.0902. The summed E-state index contributed by atoms with van der Waals surface area (Å²) in [5.41, 5.74) is -0.329. The molecule has 3 aliphatic rings. The quantitative estimate of drug-likeness (QED) is 0.251. The summed E-state index contributed by atoms with van der Waals surface area (Å²) in [5.74, 6) is -1.02. The Balaban J connectivity index is 0.000000355. The Morgan fingerprint density at radius 3 is 2.08 bits per heavy atom. The molecule has 5 unspecified atom stereocenters. The number of aldehydes is 1. The molecule has 11 nitrogen and oxygen atoms in total. The minimum atomic E-state index is -3.10. The fourth-order valence-electron chi connectivity index (χ4n) is 4.89. The molecule has 222 valence electrons. The lowest BCUT2D eigenvalue weighted by atomic mass is 9.85. The highest BCUT2D eigenvalue weighted by molar-refractivity contribution is 6.23. The maximum Gasteiger partial charge on any atom is 0.315 e. The molecule has 39 heavy (non-hydrogen) atoms. The Bertz CT molecular complexity index is 894. The lowest BCUT2D eigenvalue weighted by Crippen LogP contribution is -2.56. The first kappa shape index (κ1) is 33.9. The normalized spacial score (nSPS) is 23.9. The van der Waals surface area contributed by atoms with E-state index in [1.54, 1.807) is 25.7 Å². The van der Waals surface area contributed by atoms with E-state index in [1.807, 2.05) is 6.92 Å². The van der Waals surface area contributed by atoms with Gasteiger partial charge < -0.3 is 26.2 Å². The van der Waals surface area contributed by atoms with Crippen LogP contribution in [0.2, 0.25) is 0 Å². The molecule has 2 saturated heterocycles. The van der Waals surface area contributed by atoms with Gasteiger partial charge in [0.25, 0.3) is 11.8 Å². The molecule has 0 aromatic heterocycles. The number of piperidine rings is 1. The molecule has 0 aromatic carbocycles. The van der Waals surface area contributed by atoms with Crippen molar-refractivity contribution in [2.75, 3.05) is 26.7 Å². The zero-order valence-corrected chi connectivity index (χ0v) is 23.8. The number of carbonyl (C=O) groups is 6. The summed E-state index contributed by atoms with van der Waals surface area (Å²) in [6.45, 7) is 13.7. The molecule has 0 bridgehead atoms. The van der Waals surface area contributed by atoms with E-state index >= 15 is 0 Å². The number of likely N-dealkylation sites (N-methyl/N-ethyl adjacent to an activating group) is 1. The average Bonchev–Trinajstić information content (AvgIpc) is 3.25. The number of rotatable bonds is 8. The largest absolute Gasteiger partial charge is 0.356 e. The van der Waals surface area contributed by atoms with Gasteiger partial charge in [-0.15, -0.1) is 0 Å². The molecule has 4 N–H and O–H groups in total. The van der Waals surface area contributed by atoms with Gasteiger partial charge in [-0.25, -0.2) is 0 Å². The minimum Gasteiger partial charge on any atom is -0.356 e. The molecule has 0 aromatic rings. The summed E-state index contributed by atoms with van der Waals surface area (Å²) in [6.07, 6.45) is -0.570. The molecule has 2 heterocycles.